The van der Waals surface area contributed by atoms with Crippen LogP contribution < -0.4 is 10.6 Å². The molecule has 3 heterocycles. The van der Waals surface area contributed by atoms with Crippen LogP contribution in [-0.4, -0.2) is 18.0 Å². The van der Waals surface area contributed by atoms with Crippen LogP contribution in [0.1, 0.15) is 62.8 Å². The number of nitrogens with one attached hydrogen (secondary N) is 2. The molecule has 116 valence electrons. The average Bonchev–Trinajstić information content (AvgIpc) is 3.08. The normalized spacial score (nSPS) is 29.3. The number of hydrogen-bond donors (Lipinski definition) is 2. The number of amides is 1. The maximum absolute atomic E-state index is 12.4. The maximum atomic E-state index is 12.4. The second kappa shape index (κ2) is 6.93. The molecule has 2 saturated heterocycles. The van der Waals surface area contributed by atoms with Gasteiger partial charge in [-0.05, 0) is 49.5 Å². The third-order valence-electron chi connectivity index (χ3n) is 4.84. The van der Waals surface area contributed by atoms with Gasteiger partial charge < -0.3 is 10.6 Å². The van der Waals surface area contributed by atoms with E-state index in [1.165, 1.54) is 30.6 Å². The van der Waals surface area contributed by atoms with Gasteiger partial charge in [-0.2, -0.15) is 0 Å². The number of carbonyl (C=O) groups excluding carboxylic acids is 1. The molecule has 3 atom stereocenters. The van der Waals surface area contributed by atoms with E-state index >= 15 is 0 Å². The van der Waals surface area contributed by atoms with E-state index in [-0.39, 0.29) is 11.9 Å². The number of piperidine rings is 1. The third-order valence-corrected chi connectivity index (χ3v) is 5.83. The van der Waals surface area contributed by atoms with Gasteiger partial charge in [0.15, 0.2) is 0 Å². The first-order valence-corrected chi connectivity index (χ1v) is 9.21. The van der Waals surface area contributed by atoms with Crippen LogP contribution in [0.25, 0.3) is 0 Å². The van der Waals surface area contributed by atoms with Crippen molar-refractivity contribution >= 4 is 17.2 Å². The molecule has 1 amide bonds. The molecule has 0 aliphatic carbocycles. The van der Waals surface area contributed by atoms with Crippen LogP contribution in [0.5, 0.6) is 0 Å². The Morgan fingerprint density at radius 2 is 2.19 bits per heavy atom. The molecular weight excluding hydrogens is 280 g/mol. The summed E-state index contributed by atoms with van der Waals surface area (Å²) in [5.74, 6) is 0.822. The van der Waals surface area contributed by atoms with Crippen molar-refractivity contribution in [3.8, 4) is 0 Å². The SMILES string of the molecule is CCCC(NC(=O)CC1CC2CCC(C1)N2)c1cccs1. The summed E-state index contributed by atoms with van der Waals surface area (Å²) in [7, 11) is 0. The van der Waals surface area contributed by atoms with E-state index < -0.39 is 0 Å². The summed E-state index contributed by atoms with van der Waals surface area (Å²) in [6.07, 6.45) is 7.81. The molecule has 2 aliphatic heterocycles. The summed E-state index contributed by atoms with van der Waals surface area (Å²) in [5.41, 5.74) is 0. The summed E-state index contributed by atoms with van der Waals surface area (Å²) in [6, 6.07) is 5.76. The second-order valence-electron chi connectivity index (χ2n) is 6.60. The van der Waals surface area contributed by atoms with Crippen molar-refractivity contribution in [3.63, 3.8) is 0 Å². The summed E-state index contributed by atoms with van der Waals surface area (Å²) in [4.78, 5) is 13.7. The minimum absolute atomic E-state index is 0.209. The zero-order valence-electron chi connectivity index (χ0n) is 12.8. The lowest BCUT2D eigenvalue weighted by molar-refractivity contribution is -0.123. The fourth-order valence-corrected chi connectivity index (χ4v) is 4.73. The van der Waals surface area contributed by atoms with Crippen molar-refractivity contribution in [2.24, 2.45) is 5.92 Å². The van der Waals surface area contributed by atoms with Gasteiger partial charge >= 0.3 is 0 Å². The van der Waals surface area contributed by atoms with Gasteiger partial charge in [0.05, 0.1) is 6.04 Å². The fraction of sp³-hybridized carbons (Fsp3) is 0.706. The molecule has 3 nitrogen and oxygen atoms in total. The Hall–Kier alpha value is -0.870. The molecule has 1 aromatic rings. The van der Waals surface area contributed by atoms with Crippen LogP contribution in [0.4, 0.5) is 0 Å². The molecule has 4 heteroatoms. The molecule has 1 aromatic heterocycles. The molecule has 2 N–H and O–H groups in total. The molecule has 2 bridgehead atoms. The summed E-state index contributed by atoms with van der Waals surface area (Å²) in [5, 5.41) is 9.01. The maximum Gasteiger partial charge on any atom is 0.220 e. The highest BCUT2D eigenvalue weighted by Crippen LogP contribution is 2.33. The molecule has 2 aliphatic rings. The number of thiophene rings is 1. The second-order valence-corrected chi connectivity index (χ2v) is 7.58. The largest absolute Gasteiger partial charge is 0.348 e. The highest BCUT2D eigenvalue weighted by atomic mass is 32.1. The van der Waals surface area contributed by atoms with Crippen LogP contribution in [0.15, 0.2) is 17.5 Å². The monoisotopic (exact) mass is 306 g/mol. The first-order valence-electron chi connectivity index (χ1n) is 8.33. The molecule has 3 unspecified atom stereocenters. The van der Waals surface area contributed by atoms with Gasteiger partial charge in [-0.15, -0.1) is 11.3 Å². The van der Waals surface area contributed by atoms with E-state index in [0.717, 1.165) is 12.8 Å². The molecule has 0 aromatic carbocycles. The average molecular weight is 306 g/mol. The van der Waals surface area contributed by atoms with E-state index in [2.05, 4.69) is 35.1 Å². The molecule has 3 rings (SSSR count). The van der Waals surface area contributed by atoms with Crippen LogP contribution in [-0.2, 0) is 4.79 Å². The van der Waals surface area contributed by atoms with Gasteiger partial charge in [-0.3, -0.25) is 4.79 Å². The van der Waals surface area contributed by atoms with Crippen LogP contribution in [0, 0.1) is 5.92 Å². The number of carbonyl (C=O) groups is 1. The van der Waals surface area contributed by atoms with Crippen LogP contribution in [0.3, 0.4) is 0 Å². The minimum atomic E-state index is 0.209. The Kier molecular flexibility index (Phi) is 4.96. The number of hydrogen-bond acceptors (Lipinski definition) is 3. The van der Waals surface area contributed by atoms with Gasteiger partial charge in [0.2, 0.25) is 5.91 Å². The minimum Gasteiger partial charge on any atom is -0.348 e. The predicted octanol–water partition coefficient (Wildman–Crippen LogP) is 3.63. The smallest absolute Gasteiger partial charge is 0.220 e. The lowest BCUT2D eigenvalue weighted by Crippen LogP contribution is -2.40. The fourth-order valence-electron chi connectivity index (χ4n) is 3.92. The van der Waals surface area contributed by atoms with Gasteiger partial charge in [0, 0.05) is 23.4 Å². The first-order chi connectivity index (χ1) is 10.2. The van der Waals surface area contributed by atoms with E-state index in [4.69, 9.17) is 0 Å². The van der Waals surface area contributed by atoms with Crippen LogP contribution in [0.2, 0.25) is 0 Å². The predicted molar refractivity (Wildman–Crippen MR) is 87.4 cm³/mol. The molecule has 0 spiro atoms. The van der Waals surface area contributed by atoms with Crippen molar-refractivity contribution in [1.82, 2.24) is 10.6 Å². The van der Waals surface area contributed by atoms with Crippen LogP contribution >= 0.6 is 11.3 Å². The zero-order valence-corrected chi connectivity index (χ0v) is 13.6. The molecule has 0 saturated carbocycles. The lowest BCUT2D eigenvalue weighted by atomic mass is 9.89. The van der Waals surface area contributed by atoms with Crippen molar-refractivity contribution in [2.75, 3.05) is 0 Å². The Bertz CT molecular complexity index is 447. The van der Waals surface area contributed by atoms with E-state index in [1.54, 1.807) is 11.3 Å². The van der Waals surface area contributed by atoms with E-state index in [0.29, 0.717) is 24.4 Å². The van der Waals surface area contributed by atoms with Crippen molar-refractivity contribution in [1.29, 1.82) is 0 Å². The number of fused-ring (bicyclic) bond motifs is 2. The Balaban J connectivity index is 1.52. The molecule has 0 radical (unpaired) electrons. The third kappa shape index (κ3) is 3.86. The Morgan fingerprint density at radius 1 is 1.43 bits per heavy atom. The van der Waals surface area contributed by atoms with Gasteiger partial charge in [0.1, 0.15) is 0 Å². The topological polar surface area (TPSA) is 41.1 Å². The standard InChI is InChI=1S/C17H26N2OS/c1-2-4-15(16-5-3-8-21-16)19-17(20)11-12-9-13-6-7-14(10-12)18-13/h3,5,8,12-15,18H,2,4,6-7,9-11H2,1H3,(H,19,20). The van der Waals surface area contributed by atoms with E-state index in [9.17, 15) is 4.79 Å². The van der Waals surface area contributed by atoms with Gasteiger partial charge in [-0.25, -0.2) is 0 Å². The van der Waals surface area contributed by atoms with Crippen molar-refractivity contribution in [3.05, 3.63) is 22.4 Å². The van der Waals surface area contributed by atoms with E-state index in [1.807, 2.05) is 0 Å². The van der Waals surface area contributed by atoms with Crippen molar-refractivity contribution in [2.45, 2.75) is 70.0 Å². The Labute approximate surface area is 131 Å². The van der Waals surface area contributed by atoms with Gasteiger partial charge in [-0.1, -0.05) is 19.4 Å². The summed E-state index contributed by atoms with van der Waals surface area (Å²) >= 11 is 1.75. The first kappa shape index (κ1) is 15.0. The Morgan fingerprint density at radius 3 is 2.81 bits per heavy atom. The van der Waals surface area contributed by atoms with Crippen molar-refractivity contribution < 1.29 is 4.79 Å². The molecular formula is C17H26N2OS. The lowest BCUT2D eigenvalue weighted by Gasteiger charge is -2.29. The molecule has 21 heavy (non-hydrogen) atoms. The zero-order chi connectivity index (χ0) is 14.7. The van der Waals surface area contributed by atoms with Gasteiger partial charge in [0.25, 0.3) is 0 Å². The summed E-state index contributed by atoms with van der Waals surface area (Å²) < 4.78 is 0. The number of rotatable bonds is 6. The quantitative estimate of drug-likeness (QED) is 0.842. The highest BCUT2D eigenvalue weighted by Gasteiger charge is 2.34. The molecule has 2 fully saturated rings. The highest BCUT2D eigenvalue weighted by molar-refractivity contribution is 7.10. The summed E-state index contributed by atoms with van der Waals surface area (Å²) in [6.45, 7) is 2.18.